The minimum absolute atomic E-state index is 0.0445. The number of hydrogen-bond donors (Lipinski definition) is 1. The zero-order valence-electron chi connectivity index (χ0n) is 16.1. The number of aliphatic hydroxyl groups excluding tert-OH is 1. The van der Waals surface area contributed by atoms with Gasteiger partial charge in [0.1, 0.15) is 23.7 Å². The largest absolute Gasteiger partial charge is 0.497 e. The second-order valence-electron chi connectivity index (χ2n) is 5.94. The Bertz CT molecular complexity index is 726. The van der Waals surface area contributed by atoms with Gasteiger partial charge in [-0.1, -0.05) is 30.3 Å². The summed E-state index contributed by atoms with van der Waals surface area (Å²) in [5, 5.41) is 10.5. The fourth-order valence-electron chi connectivity index (χ4n) is 2.39. The van der Waals surface area contributed by atoms with Gasteiger partial charge in [0.25, 0.3) is 0 Å². The molecular formula is C22H26O6. The molecule has 1 N–H and O–H groups in total. The smallest absolute Gasteiger partial charge is 0.330 e. The van der Waals surface area contributed by atoms with Crippen LogP contribution in [0.1, 0.15) is 12.5 Å². The summed E-state index contributed by atoms with van der Waals surface area (Å²) in [5.74, 6) is 0.724. The molecule has 0 bridgehead atoms. The van der Waals surface area contributed by atoms with E-state index in [0.29, 0.717) is 18.1 Å². The van der Waals surface area contributed by atoms with Crippen molar-refractivity contribution in [2.75, 3.05) is 20.3 Å². The first-order chi connectivity index (χ1) is 13.6. The van der Waals surface area contributed by atoms with Crippen molar-refractivity contribution in [2.24, 2.45) is 0 Å². The van der Waals surface area contributed by atoms with Gasteiger partial charge in [0.2, 0.25) is 0 Å². The first kappa shape index (κ1) is 21.5. The monoisotopic (exact) mass is 386 g/mol. The highest BCUT2D eigenvalue weighted by Gasteiger charge is 2.19. The normalized spacial score (nSPS) is 13.1. The third-order valence-corrected chi connectivity index (χ3v) is 3.82. The van der Waals surface area contributed by atoms with Crippen molar-refractivity contribution < 1.29 is 28.8 Å². The summed E-state index contributed by atoms with van der Waals surface area (Å²) in [6.07, 6.45) is 0.960. The number of benzene rings is 2. The molecule has 0 aliphatic carbocycles. The molecule has 2 atom stereocenters. The van der Waals surface area contributed by atoms with E-state index in [2.05, 4.69) is 0 Å². The van der Waals surface area contributed by atoms with Crippen LogP contribution in [0, 0.1) is 0 Å². The lowest BCUT2D eigenvalue weighted by atomic mass is 10.2. The van der Waals surface area contributed by atoms with Gasteiger partial charge in [0, 0.05) is 6.08 Å². The summed E-state index contributed by atoms with van der Waals surface area (Å²) in [6.45, 7) is 2.41. The molecule has 0 spiro atoms. The van der Waals surface area contributed by atoms with Crippen molar-refractivity contribution in [1.29, 1.82) is 0 Å². The number of carbonyl (C=O) groups is 1. The molecule has 2 rings (SSSR count). The van der Waals surface area contributed by atoms with Crippen molar-refractivity contribution in [3.8, 4) is 11.5 Å². The zero-order valence-corrected chi connectivity index (χ0v) is 16.1. The van der Waals surface area contributed by atoms with E-state index in [9.17, 15) is 9.90 Å². The lowest BCUT2D eigenvalue weighted by Gasteiger charge is -2.21. The number of ether oxygens (including phenoxy) is 4. The zero-order chi connectivity index (χ0) is 20.2. The molecule has 0 aliphatic heterocycles. The van der Waals surface area contributed by atoms with Crippen LogP contribution in [0.15, 0.2) is 66.7 Å². The van der Waals surface area contributed by atoms with Crippen LogP contribution < -0.4 is 9.47 Å². The summed E-state index contributed by atoms with van der Waals surface area (Å²) >= 11 is 0. The van der Waals surface area contributed by atoms with E-state index in [1.165, 1.54) is 12.2 Å². The van der Waals surface area contributed by atoms with Crippen LogP contribution in [-0.4, -0.2) is 43.6 Å². The highest BCUT2D eigenvalue weighted by atomic mass is 16.5. The summed E-state index contributed by atoms with van der Waals surface area (Å²) in [5.41, 5.74) is 1.00. The van der Waals surface area contributed by atoms with Gasteiger partial charge < -0.3 is 24.1 Å². The lowest BCUT2D eigenvalue weighted by molar-refractivity contribution is -0.137. The molecule has 0 saturated heterocycles. The number of esters is 1. The predicted octanol–water partition coefficient (Wildman–Crippen LogP) is 3.14. The standard InChI is InChI=1S/C22H26O6/c1-3-27-22(24)14-13-21(28-19-11-9-18(25-2)10-12-19)20(23)16-26-15-17-7-5-4-6-8-17/h4-14,20-21,23H,3,15-16H2,1-2H3/b14-13+/t20-,21-/m1/s1. The maximum Gasteiger partial charge on any atom is 0.330 e. The maximum atomic E-state index is 11.6. The van der Waals surface area contributed by atoms with Gasteiger partial charge in [0.05, 0.1) is 26.9 Å². The van der Waals surface area contributed by atoms with E-state index in [-0.39, 0.29) is 13.2 Å². The minimum atomic E-state index is -0.975. The van der Waals surface area contributed by atoms with E-state index in [1.807, 2.05) is 30.3 Å². The number of aliphatic hydroxyl groups is 1. The topological polar surface area (TPSA) is 74.2 Å². The molecular weight excluding hydrogens is 360 g/mol. The van der Waals surface area contributed by atoms with Crippen molar-refractivity contribution in [1.82, 2.24) is 0 Å². The quantitative estimate of drug-likeness (QED) is 0.472. The Morgan fingerprint density at radius 2 is 1.75 bits per heavy atom. The van der Waals surface area contributed by atoms with Gasteiger partial charge >= 0.3 is 5.97 Å². The summed E-state index contributed by atoms with van der Waals surface area (Å²) in [7, 11) is 1.58. The molecule has 2 aromatic rings. The second-order valence-corrected chi connectivity index (χ2v) is 5.94. The van der Waals surface area contributed by atoms with E-state index in [0.717, 1.165) is 5.56 Å². The van der Waals surface area contributed by atoms with Crippen molar-refractivity contribution >= 4 is 5.97 Å². The molecule has 6 heteroatoms. The van der Waals surface area contributed by atoms with E-state index in [4.69, 9.17) is 18.9 Å². The first-order valence-corrected chi connectivity index (χ1v) is 9.07. The molecule has 0 saturated carbocycles. The number of hydrogen-bond acceptors (Lipinski definition) is 6. The molecule has 0 aliphatic rings. The van der Waals surface area contributed by atoms with Crippen molar-refractivity contribution in [3.63, 3.8) is 0 Å². The Morgan fingerprint density at radius 1 is 1.07 bits per heavy atom. The van der Waals surface area contributed by atoms with Gasteiger partial charge in [-0.2, -0.15) is 0 Å². The molecule has 6 nitrogen and oxygen atoms in total. The fourth-order valence-corrected chi connectivity index (χ4v) is 2.39. The Balaban J connectivity index is 1.99. The van der Waals surface area contributed by atoms with Crippen LogP contribution in [-0.2, 0) is 20.9 Å². The molecule has 0 heterocycles. The van der Waals surface area contributed by atoms with Crippen molar-refractivity contribution in [3.05, 3.63) is 72.3 Å². The van der Waals surface area contributed by atoms with Crippen LogP contribution in [0.4, 0.5) is 0 Å². The van der Waals surface area contributed by atoms with Crippen LogP contribution >= 0.6 is 0 Å². The average Bonchev–Trinajstić information content (AvgIpc) is 2.72. The third kappa shape index (κ3) is 7.42. The van der Waals surface area contributed by atoms with Crippen LogP contribution in [0.25, 0.3) is 0 Å². The Hall–Kier alpha value is -2.83. The summed E-state index contributed by atoms with van der Waals surface area (Å²) in [6, 6.07) is 16.6. The highest BCUT2D eigenvalue weighted by Crippen LogP contribution is 2.19. The van der Waals surface area contributed by atoms with Gasteiger partial charge in [0.15, 0.2) is 0 Å². The van der Waals surface area contributed by atoms with Gasteiger partial charge in [-0.25, -0.2) is 4.79 Å². The molecule has 28 heavy (non-hydrogen) atoms. The van der Waals surface area contributed by atoms with Gasteiger partial charge in [-0.15, -0.1) is 0 Å². The second kappa shape index (κ2) is 11.8. The number of carbonyl (C=O) groups excluding carboxylic acids is 1. The minimum Gasteiger partial charge on any atom is -0.497 e. The summed E-state index contributed by atoms with van der Waals surface area (Å²) < 4.78 is 21.4. The van der Waals surface area contributed by atoms with Crippen LogP contribution in [0.3, 0.4) is 0 Å². The maximum absolute atomic E-state index is 11.6. The molecule has 0 fully saturated rings. The van der Waals surface area contributed by atoms with E-state index in [1.54, 1.807) is 38.3 Å². The van der Waals surface area contributed by atoms with E-state index >= 15 is 0 Å². The Morgan fingerprint density at radius 3 is 2.39 bits per heavy atom. The highest BCUT2D eigenvalue weighted by molar-refractivity contribution is 5.81. The van der Waals surface area contributed by atoms with Crippen LogP contribution in [0.5, 0.6) is 11.5 Å². The third-order valence-electron chi connectivity index (χ3n) is 3.82. The Labute approximate surface area is 165 Å². The fraction of sp³-hybridized carbons (Fsp3) is 0.318. The molecule has 0 unspecified atom stereocenters. The van der Waals surface area contributed by atoms with Crippen LogP contribution in [0.2, 0.25) is 0 Å². The molecule has 0 aromatic heterocycles. The molecule has 0 radical (unpaired) electrons. The number of methoxy groups -OCH3 is 1. The van der Waals surface area contributed by atoms with E-state index < -0.39 is 18.2 Å². The molecule has 0 amide bonds. The average molecular weight is 386 g/mol. The molecule has 150 valence electrons. The number of rotatable bonds is 11. The van der Waals surface area contributed by atoms with Gasteiger partial charge in [-0.3, -0.25) is 0 Å². The molecule has 2 aromatic carbocycles. The SMILES string of the molecule is CCOC(=O)/C=C/[C@@H](Oc1ccc(OC)cc1)[C@H](O)COCc1ccccc1. The first-order valence-electron chi connectivity index (χ1n) is 9.07. The Kier molecular flexibility index (Phi) is 9.04. The van der Waals surface area contributed by atoms with Gasteiger partial charge in [-0.05, 0) is 42.8 Å². The summed E-state index contributed by atoms with van der Waals surface area (Å²) in [4.78, 5) is 11.6. The lowest BCUT2D eigenvalue weighted by Crippen LogP contribution is -2.34. The predicted molar refractivity (Wildman–Crippen MR) is 105 cm³/mol. The van der Waals surface area contributed by atoms with Crippen molar-refractivity contribution in [2.45, 2.75) is 25.7 Å².